The number of anilines is 1. The number of amides is 1. The predicted octanol–water partition coefficient (Wildman–Crippen LogP) is 1.44. The van der Waals surface area contributed by atoms with E-state index < -0.39 is 11.5 Å². The number of rotatable bonds is 0. The lowest BCUT2D eigenvalue weighted by Gasteiger charge is -2.42. The number of aliphatic imine (C=N–C) groups is 1. The second-order valence-electron chi connectivity index (χ2n) is 8.24. The Labute approximate surface area is 172 Å². The van der Waals surface area contributed by atoms with Crippen LogP contribution in [-0.4, -0.2) is 63.4 Å². The summed E-state index contributed by atoms with van der Waals surface area (Å²) in [7, 11) is 0. The van der Waals surface area contributed by atoms with Crippen molar-refractivity contribution in [1.29, 1.82) is 0 Å². The molecule has 0 aliphatic carbocycles. The van der Waals surface area contributed by atoms with Crippen molar-refractivity contribution in [2.45, 2.75) is 38.3 Å². The number of β-amino-alcohol motifs (C(OH)–C–C–N with tert-alkyl or cyclic N) is 1. The molecule has 2 bridgehead atoms. The van der Waals surface area contributed by atoms with Gasteiger partial charge in [0.15, 0.2) is 11.5 Å². The van der Waals surface area contributed by atoms with Crippen LogP contribution in [0.1, 0.15) is 36.5 Å². The minimum absolute atomic E-state index is 0.000385. The number of nitrogens with one attached hydrogen (secondary N) is 1. The average Bonchev–Trinajstić information content (AvgIpc) is 3.37. The Kier molecular flexibility index (Phi) is 4.46. The summed E-state index contributed by atoms with van der Waals surface area (Å²) in [6.45, 7) is 2.65. The van der Waals surface area contributed by atoms with Crippen molar-refractivity contribution in [2.24, 2.45) is 10.4 Å². The maximum Gasteiger partial charge on any atom is 0.256 e. The number of hydrogen-bond donors (Lipinski definition) is 2. The van der Waals surface area contributed by atoms with Crippen LogP contribution in [0.25, 0.3) is 5.65 Å². The summed E-state index contributed by atoms with van der Waals surface area (Å²) >= 11 is 0. The minimum Gasteiger partial charge on any atom is -0.477 e. The van der Waals surface area contributed by atoms with Crippen LogP contribution in [0.3, 0.4) is 0 Å². The summed E-state index contributed by atoms with van der Waals surface area (Å²) in [4.78, 5) is 23.7. The molecule has 2 N–H and O–H groups in total. The van der Waals surface area contributed by atoms with E-state index in [2.05, 4.69) is 20.3 Å². The summed E-state index contributed by atoms with van der Waals surface area (Å²) in [5, 5.41) is 17.2. The van der Waals surface area contributed by atoms with Gasteiger partial charge in [-0.15, -0.1) is 0 Å². The van der Waals surface area contributed by atoms with Gasteiger partial charge in [0.1, 0.15) is 29.9 Å². The Morgan fingerprint density at radius 2 is 2.30 bits per heavy atom. The highest BCUT2D eigenvalue weighted by Gasteiger charge is 2.48. The molecule has 5 rings (SSSR count). The molecule has 2 unspecified atom stereocenters. The van der Waals surface area contributed by atoms with Gasteiger partial charge < -0.3 is 20.1 Å². The number of halogens is 1. The van der Waals surface area contributed by atoms with Gasteiger partial charge >= 0.3 is 0 Å². The molecule has 9 nitrogen and oxygen atoms in total. The van der Waals surface area contributed by atoms with Crippen LogP contribution in [0.2, 0.25) is 0 Å². The van der Waals surface area contributed by atoms with Crippen molar-refractivity contribution in [1.82, 2.24) is 19.9 Å². The van der Waals surface area contributed by atoms with Gasteiger partial charge in [0.2, 0.25) is 0 Å². The van der Waals surface area contributed by atoms with Gasteiger partial charge in [-0.1, -0.05) is 0 Å². The second kappa shape index (κ2) is 7.05. The first-order valence-corrected chi connectivity index (χ1v) is 10.1. The fourth-order valence-corrected chi connectivity index (χ4v) is 4.63. The van der Waals surface area contributed by atoms with Crippen molar-refractivity contribution in [3.8, 4) is 0 Å². The van der Waals surface area contributed by atoms with E-state index in [1.165, 1.54) is 12.4 Å². The molecule has 1 amide bonds. The number of carbonyl (C=O) groups excluding carboxylic acids is 1. The van der Waals surface area contributed by atoms with E-state index in [1.807, 2.05) is 13.0 Å². The van der Waals surface area contributed by atoms with Crippen LogP contribution in [0, 0.1) is 5.41 Å². The molecule has 2 aromatic rings. The highest BCUT2D eigenvalue weighted by Crippen LogP contribution is 2.43. The Balaban J connectivity index is 1.63. The quantitative estimate of drug-likeness (QED) is 0.676. The van der Waals surface area contributed by atoms with E-state index in [9.17, 15) is 14.3 Å². The van der Waals surface area contributed by atoms with E-state index in [0.29, 0.717) is 22.9 Å². The monoisotopic (exact) mass is 414 g/mol. The molecular weight excluding hydrogens is 391 g/mol. The van der Waals surface area contributed by atoms with Gasteiger partial charge in [0.05, 0.1) is 17.8 Å². The lowest BCUT2D eigenvalue weighted by atomic mass is 9.76. The van der Waals surface area contributed by atoms with E-state index in [4.69, 9.17) is 9.72 Å². The van der Waals surface area contributed by atoms with Gasteiger partial charge in [-0.25, -0.2) is 18.9 Å². The zero-order valence-corrected chi connectivity index (χ0v) is 16.6. The number of ether oxygens (including phenoxy) is 1. The van der Waals surface area contributed by atoms with E-state index in [0.717, 1.165) is 19.4 Å². The first kappa shape index (κ1) is 19.0. The summed E-state index contributed by atoms with van der Waals surface area (Å²) < 4.78 is 21.7. The fraction of sp³-hybridized carbons (Fsp3) is 0.500. The lowest BCUT2D eigenvalue weighted by Crippen LogP contribution is -2.50. The molecule has 3 aliphatic heterocycles. The van der Waals surface area contributed by atoms with Gasteiger partial charge in [0.25, 0.3) is 5.91 Å². The number of hydrogen-bond acceptors (Lipinski definition) is 7. The van der Waals surface area contributed by atoms with Gasteiger partial charge in [-0.3, -0.25) is 4.79 Å². The Hall–Kier alpha value is -3.01. The first-order valence-electron chi connectivity index (χ1n) is 10.1. The summed E-state index contributed by atoms with van der Waals surface area (Å²) in [6.07, 6.45) is 5.38. The van der Waals surface area contributed by atoms with Crippen LogP contribution < -0.4 is 10.2 Å². The maximum absolute atomic E-state index is 14.3. The minimum atomic E-state index is -0.940. The third-order valence-electron chi connectivity index (χ3n) is 6.14. The van der Waals surface area contributed by atoms with Crippen LogP contribution in [-0.2, 0) is 4.74 Å². The summed E-state index contributed by atoms with van der Waals surface area (Å²) in [6, 6.07) is 1.76. The normalized spacial score (nSPS) is 29.4. The zero-order valence-electron chi connectivity index (χ0n) is 16.6. The molecule has 5 heterocycles. The van der Waals surface area contributed by atoms with Crippen molar-refractivity contribution in [3.05, 3.63) is 36.1 Å². The van der Waals surface area contributed by atoms with E-state index in [1.54, 1.807) is 10.7 Å². The highest BCUT2D eigenvalue weighted by molar-refractivity contribution is 5.99. The van der Waals surface area contributed by atoms with E-state index >= 15 is 0 Å². The molecule has 1 fully saturated rings. The van der Waals surface area contributed by atoms with Crippen molar-refractivity contribution >= 4 is 23.3 Å². The molecule has 3 aliphatic rings. The SMILES string of the molecule is CC12CC(F)=CN=C1OCC(O)CNC(=O)c1cnn3ccc(nc13)N1CCC[C@@H]12. The standard InChI is InChI=1S/C20H23FN6O3/c1-20-7-12(21)8-23-19(20)30-11-13(28)9-22-18(29)14-10-24-27-6-4-16(25-17(14)27)26-5-2-3-15(20)26/h4,6,8,10,13,15,28H,2-3,5,7,9,11H2,1H3,(H,22,29)/t13?,15-,20?/m1/s1. The Morgan fingerprint density at radius 3 is 3.17 bits per heavy atom. The van der Waals surface area contributed by atoms with Gasteiger partial charge in [-0.2, -0.15) is 5.10 Å². The van der Waals surface area contributed by atoms with Gasteiger partial charge in [0, 0.05) is 31.7 Å². The zero-order chi connectivity index (χ0) is 20.9. The second-order valence-corrected chi connectivity index (χ2v) is 8.24. The molecule has 0 saturated carbocycles. The number of allylic oxidation sites excluding steroid dienone is 1. The van der Waals surface area contributed by atoms with Crippen molar-refractivity contribution < 1.29 is 19.0 Å². The molecule has 2 aromatic heterocycles. The fourth-order valence-electron chi connectivity index (χ4n) is 4.63. The molecule has 0 radical (unpaired) electrons. The topological polar surface area (TPSA) is 104 Å². The Bertz CT molecular complexity index is 1070. The number of carbonyl (C=O) groups is 1. The molecule has 3 atom stereocenters. The highest BCUT2D eigenvalue weighted by atomic mass is 19.1. The first-order chi connectivity index (χ1) is 14.5. The molecule has 0 aromatic carbocycles. The summed E-state index contributed by atoms with van der Waals surface area (Å²) in [5.41, 5.74) is 0.0596. The van der Waals surface area contributed by atoms with Crippen LogP contribution >= 0.6 is 0 Å². The smallest absolute Gasteiger partial charge is 0.256 e. The number of aliphatic hydroxyl groups excluding tert-OH is 1. The molecule has 30 heavy (non-hydrogen) atoms. The third kappa shape index (κ3) is 3.02. The Morgan fingerprint density at radius 1 is 1.43 bits per heavy atom. The summed E-state index contributed by atoms with van der Waals surface area (Å²) in [5.74, 6) is 0.433. The molecule has 10 heteroatoms. The molecule has 158 valence electrons. The molecule has 1 saturated heterocycles. The van der Waals surface area contributed by atoms with Crippen LogP contribution in [0.5, 0.6) is 0 Å². The maximum atomic E-state index is 14.3. The van der Waals surface area contributed by atoms with Gasteiger partial charge in [-0.05, 0) is 25.8 Å². The average molecular weight is 414 g/mol. The van der Waals surface area contributed by atoms with Crippen LogP contribution in [0.4, 0.5) is 10.2 Å². The van der Waals surface area contributed by atoms with Crippen molar-refractivity contribution in [2.75, 3.05) is 24.6 Å². The van der Waals surface area contributed by atoms with Crippen LogP contribution in [0.15, 0.2) is 35.5 Å². The number of nitrogens with zero attached hydrogens (tertiary/aromatic N) is 5. The number of fused-ring (bicyclic) bond motifs is 5. The molecular formula is C20H23FN6O3. The largest absolute Gasteiger partial charge is 0.477 e. The number of aromatic nitrogens is 3. The van der Waals surface area contributed by atoms with E-state index in [-0.39, 0.29) is 37.3 Å². The number of aliphatic hydroxyl groups is 1. The lowest BCUT2D eigenvalue weighted by molar-refractivity contribution is 0.0773. The predicted molar refractivity (Wildman–Crippen MR) is 107 cm³/mol. The third-order valence-corrected chi connectivity index (χ3v) is 6.14. The van der Waals surface area contributed by atoms with Crippen molar-refractivity contribution in [3.63, 3.8) is 0 Å². The molecule has 0 spiro atoms.